The van der Waals surface area contributed by atoms with Gasteiger partial charge >= 0.3 is 0 Å². The van der Waals surface area contributed by atoms with Crippen molar-refractivity contribution in [1.82, 2.24) is 0 Å². The van der Waals surface area contributed by atoms with Crippen molar-refractivity contribution in [3.05, 3.63) is 58.1 Å². The zero-order valence-corrected chi connectivity index (χ0v) is 16.5. The van der Waals surface area contributed by atoms with Gasteiger partial charge in [-0.2, -0.15) is 0 Å². The third kappa shape index (κ3) is 4.21. The fourth-order valence-corrected chi connectivity index (χ4v) is 3.29. The highest BCUT2D eigenvalue weighted by Crippen LogP contribution is 2.37. The molecule has 2 aromatic rings. The summed E-state index contributed by atoms with van der Waals surface area (Å²) in [5, 5.41) is 14.0. The van der Waals surface area contributed by atoms with E-state index in [0.29, 0.717) is 17.9 Å². The molecule has 8 heteroatoms. The van der Waals surface area contributed by atoms with Crippen molar-refractivity contribution in [2.24, 2.45) is 0 Å². The summed E-state index contributed by atoms with van der Waals surface area (Å²) in [6.07, 6.45) is -0.316. The smallest absolute Gasteiger partial charge is 0.271 e. The maximum atomic E-state index is 12.8. The van der Waals surface area contributed by atoms with Gasteiger partial charge in [0.15, 0.2) is 6.10 Å². The van der Waals surface area contributed by atoms with Crippen LogP contribution >= 0.6 is 0 Å². The number of anilines is 2. The quantitative estimate of drug-likeness (QED) is 0.589. The van der Waals surface area contributed by atoms with Crippen molar-refractivity contribution in [2.45, 2.75) is 39.2 Å². The molecule has 1 aliphatic rings. The van der Waals surface area contributed by atoms with Crippen LogP contribution in [0.3, 0.4) is 0 Å². The molecule has 0 spiro atoms. The van der Waals surface area contributed by atoms with Gasteiger partial charge in [-0.05, 0) is 30.0 Å². The summed E-state index contributed by atoms with van der Waals surface area (Å²) >= 11 is 0. The van der Waals surface area contributed by atoms with E-state index in [2.05, 4.69) is 5.32 Å². The molecular formula is C21H23N3O5. The number of amides is 2. The second kappa shape index (κ2) is 8.30. The van der Waals surface area contributed by atoms with Gasteiger partial charge in [-0.25, -0.2) is 0 Å². The molecule has 1 heterocycles. The average molecular weight is 397 g/mol. The van der Waals surface area contributed by atoms with Crippen molar-refractivity contribution in [2.75, 3.05) is 16.8 Å². The number of fused-ring (bicyclic) bond motifs is 1. The fourth-order valence-electron chi connectivity index (χ4n) is 3.29. The van der Waals surface area contributed by atoms with Crippen LogP contribution in [0.2, 0.25) is 0 Å². The van der Waals surface area contributed by atoms with E-state index < -0.39 is 16.9 Å². The summed E-state index contributed by atoms with van der Waals surface area (Å²) < 4.78 is 5.66. The van der Waals surface area contributed by atoms with E-state index in [9.17, 15) is 19.7 Å². The number of nitro groups is 1. The Morgan fingerprint density at radius 1 is 1.28 bits per heavy atom. The van der Waals surface area contributed by atoms with Crippen molar-refractivity contribution in [1.29, 1.82) is 0 Å². The molecule has 8 nitrogen and oxygen atoms in total. The number of hydrogen-bond acceptors (Lipinski definition) is 5. The largest absolute Gasteiger partial charge is 0.478 e. The number of nitrogens with zero attached hydrogens (tertiary/aromatic N) is 2. The fraction of sp³-hybridized carbons (Fsp3) is 0.333. The lowest BCUT2D eigenvalue weighted by molar-refractivity contribution is -0.384. The molecule has 152 valence electrons. The standard InChI is InChI=1S/C21H23N3O5/c1-4-18-21(26)23(17-11-14(24(27)28)9-10-19(17)29-18)12-20(25)22-16-8-6-5-7-15(16)13(2)3/h5-11,13,18H,4,12H2,1-3H3,(H,22,25). The van der Waals surface area contributed by atoms with E-state index in [1.807, 2.05) is 38.1 Å². The Bertz CT molecular complexity index is 957. The molecule has 2 amide bonds. The minimum atomic E-state index is -0.736. The Morgan fingerprint density at radius 3 is 2.66 bits per heavy atom. The van der Waals surface area contributed by atoms with Crippen molar-refractivity contribution in [3.63, 3.8) is 0 Å². The molecule has 29 heavy (non-hydrogen) atoms. The maximum Gasteiger partial charge on any atom is 0.271 e. The van der Waals surface area contributed by atoms with Gasteiger partial charge in [0.25, 0.3) is 11.6 Å². The average Bonchev–Trinajstić information content (AvgIpc) is 2.69. The van der Waals surface area contributed by atoms with Gasteiger partial charge in [0, 0.05) is 17.8 Å². The number of carbonyl (C=O) groups is 2. The van der Waals surface area contributed by atoms with Gasteiger partial charge in [0.1, 0.15) is 12.3 Å². The van der Waals surface area contributed by atoms with Crippen LogP contribution in [-0.2, 0) is 9.59 Å². The van der Waals surface area contributed by atoms with Gasteiger partial charge in [-0.1, -0.05) is 39.0 Å². The van der Waals surface area contributed by atoms with Crippen LogP contribution in [0, 0.1) is 10.1 Å². The third-order valence-electron chi connectivity index (χ3n) is 4.78. The predicted octanol–water partition coefficient (Wildman–Crippen LogP) is 3.86. The number of nitrogens with one attached hydrogen (secondary N) is 1. The van der Waals surface area contributed by atoms with Crippen LogP contribution in [0.5, 0.6) is 5.75 Å². The third-order valence-corrected chi connectivity index (χ3v) is 4.78. The van der Waals surface area contributed by atoms with Crippen LogP contribution in [0.1, 0.15) is 38.7 Å². The zero-order chi connectivity index (χ0) is 21.1. The van der Waals surface area contributed by atoms with Crippen LogP contribution in [0.25, 0.3) is 0 Å². The van der Waals surface area contributed by atoms with Crippen molar-refractivity contribution >= 4 is 28.9 Å². The summed E-state index contributed by atoms with van der Waals surface area (Å²) in [4.78, 5) is 37.4. The minimum absolute atomic E-state index is 0.175. The second-order valence-corrected chi connectivity index (χ2v) is 7.14. The summed E-state index contributed by atoms with van der Waals surface area (Å²) in [6.45, 7) is 5.59. The van der Waals surface area contributed by atoms with E-state index in [-0.39, 0.29) is 29.7 Å². The van der Waals surface area contributed by atoms with Gasteiger partial charge in [0.05, 0.1) is 10.6 Å². The first-order valence-corrected chi connectivity index (χ1v) is 9.47. The minimum Gasteiger partial charge on any atom is -0.478 e. The lowest BCUT2D eigenvalue weighted by Gasteiger charge is -2.33. The van der Waals surface area contributed by atoms with E-state index in [1.54, 1.807) is 6.92 Å². The number of non-ortho nitro benzene ring substituents is 1. The van der Waals surface area contributed by atoms with Crippen LogP contribution in [-0.4, -0.2) is 29.4 Å². The molecule has 3 rings (SSSR count). The van der Waals surface area contributed by atoms with Gasteiger partial charge in [-0.3, -0.25) is 24.6 Å². The summed E-state index contributed by atoms with van der Waals surface area (Å²) in [6, 6.07) is 11.5. The SMILES string of the molecule is CCC1Oc2ccc([N+](=O)[O-])cc2N(CC(=O)Nc2ccccc2C(C)C)C1=O. The molecule has 0 fully saturated rings. The monoisotopic (exact) mass is 397 g/mol. The normalized spacial score (nSPS) is 15.7. The van der Waals surface area contributed by atoms with E-state index in [4.69, 9.17) is 4.74 Å². The summed E-state index contributed by atoms with van der Waals surface area (Å²) in [5.41, 5.74) is 1.71. The first-order chi connectivity index (χ1) is 13.8. The Morgan fingerprint density at radius 2 is 2.00 bits per heavy atom. The molecule has 0 aromatic heterocycles. The molecule has 1 unspecified atom stereocenters. The van der Waals surface area contributed by atoms with Gasteiger partial charge in [0.2, 0.25) is 5.91 Å². The molecular weight excluding hydrogens is 374 g/mol. The van der Waals surface area contributed by atoms with Gasteiger partial charge < -0.3 is 10.1 Å². The molecule has 0 radical (unpaired) electrons. The number of benzene rings is 2. The van der Waals surface area contributed by atoms with Crippen molar-refractivity contribution in [3.8, 4) is 5.75 Å². The topological polar surface area (TPSA) is 102 Å². The second-order valence-electron chi connectivity index (χ2n) is 7.14. The molecule has 0 aliphatic carbocycles. The molecule has 1 N–H and O–H groups in total. The highest BCUT2D eigenvalue weighted by molar-refractivity contribution is 6.06. The Hall–Kier alpha value is -3.42. The number of nitro benzene ring substituents is 1. The first kappa shape index (κ1) is 20.3. The summed E-state index contributed by atoms with van der Waals surface area (Å²) in [5.74, 6) is -0.227. The highest BCUT2D eigenvalue weighted by Gasteiger charge is 2.35. The molecule has 0 bridgehead atoms. The number of hydrogen-bond donors (Lipinski definition) is 1. The molecule has 1 atom stereocenters. The first-order valence-electron chi connectivity index (χ1n) is 9.47. The zero-order valence-electron chi connectivity index (χ0n) is 16.5. The van der Waals surface area contributed by atoms with E-state index in [1.165, 1.54) is 23.1 Å². The lowest BCUT2D eigenvalue weighted by Crippen LogP contribution is -2.48. The Balaban J connectivity index is 1.89. The Labute approximate surface area is 168 Å². The predicted molar refractivity (Wildman–Crippen MR) is 109 cm³/mol. The number of ether oxygens (including phenoxy) is 1. The van der Waals surface area contributed by atoms with E-state index in [0.717, 1.165) is 5.56 Å². The highest BCUT2D eigenvalue weighted by atomic mass is 16.6. The van der Waals surface area contributed by atoms with Crippen LogP contribution < -0.4 is 15.0 Å². The van der Waals surface area contributed by atoms with Crippen molar-refractivity contribution < 1.29 is 19.2 Å². The Kier molecular flexibility index (Phi) is 5.81. The number of rotatable bonds is 6. The maximum absolute atomic E-state index is 12.8. The summed E-state index contributed by atoms with van der Waals surface area (Å²) in [7, 11) is 0. The number of para-hydroxylation sites is 1. The number of carbonyl (C=O) groups excluding carboxylic acids is 2. The van der Waals surface area contributed by atoms with E-state index >= 15 is 0 Å². The molecule has 0 saturated heterocycles. The molecule has 1 aliphatic heterocycles. The molecule has 0 saturated carbocycles. The lowest BCUT2D eigenvalue weighted by atomic mass is 10.0. The van der Waals surface area contributed by atoms with Crippen LogP contribution in [0.15, 0.2) is 42.5 Å². The van der Waals surface area contributed by atoms with Crippen LogP contribution in [0.4, 0.5) is 17.1 Å². The molecule has 2 aromatic carbocycles. The van der Waals surface area contributed by atoms with Gasteiger partial charge in [-0.15, -0.1) is 0 Å².